The predicted octanol–water partition coefficient (Wildman–Crippen LogP) is 2.83. The third-order valence-corrected chi connectivity index (χ3v) is 5.53. The van der Waals surface area contributed by atoms with E-state index in [2.05, 4.69) is 4.98 Å². The van der Waals surface area contributed by atoms with E-state index in [9.17, 15) is 29.4 Å². The molecular weight excluding hydrogens is 416 g/mol. The van der Waals surface area contributed by atoms with Gasteiger partial charge >= 0.3 is 17.9 Å². The standard InChI is InChI=1S/C13H19NO4.C10H7NO3/c1-12(2,3)9-7(10(15)16)5-6-8(14)13(9,4)11(17)18;12-9-7-4-2-1-3-6(7)8(5-11-9)10(13)14/h5-6,9H,14H2,1-4H3,(H,15,16)(H,17,18);1-5H,(H,11,12)(H,13,14). The molecule has 0 aliphatic heterocycles. The fourth-order valence-corrected chi connectivity index (χ4v) is 4.09. The molecule has 1 aliphatic carbocycles. The summed E-state index contributed by atoms with van der Waals surface area (Å²) in [4.78, 5) is 47.4. The highest BCUT2D eigenvalue weighted by atomic mass is 16.4. The molecule has 3 rings (SSSR count). The van der Waals surface area contributed by atoms with Gasteiger partial charge in [-0.25, -0.2) is 9.59 Å². The number of aromatic nitrogens is 1. The molecule has 0 saturated heterocycles. The van der Waals surface area contributed by atoms with Gasteiger partial charge in [-0.1, -0.05) is 39.0 Å². The summed E-state index contributed by atoms with van der Waals surface area (Å²) >= 11 is 0. The number of H-pyrrole nitrogens is 1. The summed E-state index contributed by atoms with van der Waals surface area (Å²) in [6, 6.07) is 6.62. The maximum atomic E-state index is 11.6. The van der Waals surface area contributed by atoms with Crippen LogP contribution in [0.25, 0.3) is 10.8 Å². The van der Waals surface area contributed by atoms with Gasteiger partial charge in [-0.2, -0.15) is 0 Å². The van der Waals surface area contributed by atoms with Crippen molar-refractivity contribution in [3.63, 3.8) is 0 Å². The Kier molecular flexibility index (Phi) is 6.63. The third-order valence-electron chi connectivity index (χ3n) is 5.53. The number of fused-ring (bicyclic) bond motifs is 1. The van der Waals surface area contributed by atoms with Crippen LogP contribution < -0.4 is 11.3 Å². The van der Waals surface area contributed by atoms with Crippen molar-refractivity contribution in [3.05, 3.63) is 69.8 Å². The zero-order valence-electron chi connectivity index (χ0n) is 18.2. The van der Waals surface area contributed by atoms with Crippen LogP contribution in [-0.4, -0.2) is 38.2 Å². The van der Waals surface area contributed by atoms with E-state index in [1.165, 1.54) is 25.3 Å². The quantitative estimate of drug-likeness (QED) is 0.483. The van der Waals surface area contributed by atoms with Crippen LogP contribution in [0, 0.1) is 16.7 Å². The number of aliphatic carboxylic acids is 2. The highest BCUT2D eigenvalue weighted by molar-refractivity contribution is 6.02. The highest BCUT2D eigenvalue weighted by Crippen LogP contribution is 2.50. The summed E-state index contributed by atoms with van der Waals surface area (Å²) in [5.41, 5.74) is 3.98. The summed E-state index contributed by atoms with van der Waals surface area (Å²) in [6.45, 7) is 6.92. The second-order valence-electron chi connectivity index (χ2n) is 8.74. The lowest BCUT2D eigenvalue weighted by molar-refractivity contribution is -0.151. The van der Waals surface area contributed by atoms with Crippen molar-refractivity contribution < 1.29 is 29.7 Å². The number of rotatable bonds is 3. The van der Waals surface area contributed by atoms with Gasteiger partial charge < -0.3 is 26.0 Å². The van der Waals surface area contributed by atoms with Gasteiger partial charge in [-0.15, -0.1) is 0 Å². The van der Waals surface area contributed by atoms with Gasteiger partial charge in [0.05, 0.1) is 5.56 Å². The van der Waals surface area contributed by atoms with Crippen LogP contribution in [0.5, 0.6) is 0 Å². The second kappa shape index (κ2) is 8.70. The van der Waals surface area contributed by atoms with Crippen molar-refractivity contribution in [2.45, 2.75) is 27.7 Å². The van der Waals surface area contributed by atoms with E-state index in [0.717, 1.165) is 0 Å². The molecule has 1 aromatic carbocycles. The van der Waals surface area contributed by atoms with E-state index >= 15 is 0 Å². The number of nitrogens with one attached hydrogen (secondary N) is 1. The van der Waals surface area contributed by atoms with Gasteiger partial charge in [-0.05, 0) is 30.6 Å². The number of carboxylic acids is 3. The smallest absolute Gasteiger partial charge is 0.337 e. The highest BCUT2D eigenvalue weighted by Gasteiger charge is 2.53. The Hall–Kier alpha value is -3.88. The molecule has 0 spiro atoms. The first-order valence-electron chi connectivity index (χ1n) is 9.71. The van der Waals surface area contributed by atoms with E-state index in [1.807, 2.05) is 20.8 Å². The molecule has 2 unspecified atom stereocenters. The topological polar surface area (TPSA) is 171 Å². The van der Waals surface area contributed by atoms with Gasteiger partial charge in [0.25, 0.3) is 5.56 Å². The monoisotopic (exact) mass is 442 g/mol. The molecule has 0 fully saturated rings. The first-order valence-corrected chi connectivity index (χ1v) is 9.71. The molecule has 0 amide bonds. The Labute approximate surface area is 183 Å². The summed E-state index contributed by atoms with van der Waals surface area (Å²) in [7, 11) is 0. The van der Waals surface area contributed by atoms with Crippen LogP contribution in [0.15, 0.2) is 58.7 Å². The molecule has 0 bridgehead atoms. The molecule has 32 heavy (non-hydrogen) atoms. The van der Waals surface area contributed by atoms with Crippen LogP contribution >= 0.6 is 0 Å². The Morgan fingerprint density at radius 3 is 2.03 bits per heavy atom. The summed E-state index contributed by atoms with van der Waals surface area (Å²) < 4.78 is 0. The molecule has 2 atom stereocenters. The molecule has 0 saturated carbocycles. The fraction of sp³-hybridized carbons (Fsp3) is 0.304. The zero-order valence-corrected chi connectivity index (χ0v) is 18.2. The van der Waals surface area contributed by atoms with E-state index in [4.69, 9.17) is 10.8 Å². The minimum atomic E-state index is -1.40. The molecular formula is C23H26N2O7. The molecule has 170 valence electrons. The predicted molar refractivity (Wildman–Crippen MR) is 118 cm³/mol. The number of allylic oxidation sites excluding steroid dienone is 2. The van der Waals surface area contributed by atoms with Crippen LogP contribution in [0.2, 0.25) is 0 Å². The van der Waals surface area contributed by atoms with E-state index < -0.39 is 34.7 Å². The maximum absolute atomic E-state index is 11.6. The van der Waals surface area contributed by atoms with Crippen LogP contribution in [-0.2, 0) is 9.59 Å². The Morgan fingerprint density at radius 1 is 1.00 bits per heavy atom. The Balaban J connectivity index is 0.000000233. The first kappa shape index (κ1) is 24.4. The average molecular weight is 442 g/mol. The van der Waals surface area contributed by atoms with Crippen molar-refractivity contribution >= 4 is 28.7 Å². The molecule has 1 heterocycles. The SMILES string of the molecule is CC(C)(C)C1C(C(=O)O)=CC=C(N)C1(C)C(=O)O.O=C(O)c1c[nH]c(=O)c2ccccc12. The number of carbonyl (C=O) groups is 3. The maximum Gasteiger partial charge on any atom is 0.337 e. The normalized spacial score (nSPS) is 20.4. The molecule has 6 N–H and O–H groups in total. The van der Waals surface area contributed by atoms with Crippen molar-refractivity contribution in [2.24, 2.45) is 22.5 Å². The first-order chi connectivity index (χ1) is 14.7. The van der Waals surface area contributed by atoms with E-state index in [-0.39, 0.29) is 22.4 Å². The lowest BCUT2D eigenvalue weighted by Gasteiger charge is -2.44. The number of nitrogens with two attached hydrogens (primary N) is 1. The van der Waals surface area contributed by atoms with Gasteiger partial charge in [0, 0.05) is 34.2 Å². The number of aromatic carboxylic acids is 1. The number of aromatic amines is 1. The van der Waals surface area contributed by atoms with E-state index in [1.54, 1.807) is 24.3 Å². The third kappa shape index (κ3) is 4.41. The van der Waals surface area contributed by atoms with Gasteiger partial charge in [0.2, 0.25) is 0 Å². The Morgan fingerprint density at radius 2 is 1.56 bits per heavy atom. The number of hydrogen-bond acceptors (Lipinski definition) is 5. The van der Waals surface area contributed by atoms with Crippen LogP contribution in [0.4, 0.5) is 0 Å². The number of hydrogen-bond donors (Lipinski definition) is 5. The minimum Gasteiger partial charge on any atom is -0.481 e. The number of pyridine rings is 1. The Bertz CT molecular complexity index is 1200. The largest absolute Gasteiger partial charge is 0.481 e. The minimum absolute atomic E-state index is 0.0848. The second-order valence-corrected chi connectivity index (χ2v) is 8.74. The fourth-order valence-electron chi connectivity index (χ4n) is 4.09. The number of carboxylic acid groups (broad SMARTS) is 3. The molecule has 9 nitrogen and oxygen atoms in total. The lowest BCUT2D eigenvalue weighted by Crippen LogP contribution is -2.49. The average Bonchev–Trinajstić information content (AvgIpc) is 2.69. The van der Waals surface area contributed by atoms with Crippen LogP contribution in [0.3, 0.4) is 0 Å². The van der Waals surface area contributed by atoms with Crippen molar-refractivity contribution in [2.75, 3.05) is 0 Å². The molecule has 1 aromatic heterocycles. The lowest BCUT2D eigenvalue weighted by atomic mass is 9.58. The summed E-state index contributed by atoms with van der Waals surface area (Å²) in [5, 5.41) is 28.4. The molecule has 0 radical (unpaired) electrons. The van der Waals surface area contributed by atoms with Gasteiger partial charge in [0.1, 0.15) is 5.41 Å². The zero-order chi connectivity index (χ0) is 24.4. The molecule has 1 aliphatic rings. The molecule has 9 heteroatoms. The molecule has 2 aromatic rings. The van der Waals surface area contributed by atoms with Crippen molar-refractivity contribution in [1.29, 1.82) is 0 Å². The van der Waals surface area contributed by atoms with Gasteiger partial charge in [0.15, 0.2) is 0 Å². The summed E-state index contributed by atoms with van der Waals surface area (Å²) in [6.07, 6.45) is 3.99. The van der Waals surface area contributed by atoms with Gasteiger partial charge in [-0.3, -0.25) is 9.59 Å². The van der Waals surface area contributed by atoms with E-state index in [0.29, 0.717) is 10.8 Å². The number of benzene rings is 1. The van der Waals surface area contributed by atoms with Crippen LogP contribution in [0.1, 0.15) is 38.1 Å². The van der Waals surface area contributed by atoms with Crippen molar-refractivity contribution in [3.8, 4) is 0 Å². The summed E-state index contributed by atoms with van der Waals surface area (Å²) in [5.74, 6) is -3.95. The van der Waals surface area contributed by atoms with Crippen molar-refractivity contribution in [1.82, 2.24) is 4.98 Å².